The number of hydrogen-bond acceptors (Lipinski definition) is 2. The van der Waals surface area contributed by atoms with Gasteiger partial charge in [-0.3, -0.25) is 4.79 Å². The Morgan fingerprint density at radius 2 is 2.00 bits per heavy atom. The van der Waals surface area contributed by atoms with Gasteiger partial charge < -0.3 is 9.80 Å². The van der Waals surface area contributed by atoms with Crippen LogP contribution in [0.1, 0.15) is 38.2 Å². The molecule has 1 atom stereocenters. The van der Waals surface area contributed by atoms with Gasteiger partial charge in [-0.05, 0) is 50.9 Å². The molecular weight excluding hydrogens is 284 g/mol. The van der Waals surface area contributed by atoms with Crippen molar-refractivity contribution < 1.29 is 4.79 Å². The van der Waals surface area contributed by atoms with Crippen LogP contribution in [0.25, 0.3) is 0 Å². The van der Waals surface area contributed by atoms with Crippen LogP contribution in [0, 0.1) is 0 Å². The molecule has 1 unspecified atom stereocenters. The van der Waals surface area contributed by atoms with Gasteiger partial charge in [0.1, 0.15) is 0 Å². The maximum atomic E-state index is 12.2. The molecule has 0 saturated carbocycles. The maximum Gasteiger partial charge on any atom is 0.222 e. The molecule has 116 valence electrons. The normalized spacial score (nSPS) is 16.9. The van der Waals surface area contributed by atoms with Crippen LogP contribution in [-0.2, 0) is 11.3 Å². The highest BCUT2D eigenvalue weighted by molar-refractivity contribution is 6.31. The summed E-state index contributed by atoms with van der Waals surface area (Å²) in [6, 6.07) is 8.20. The molecule has 1 aromatic rings. The number of carbonyl (C=O) groups is 1. The van der Waals surface area contributed by atoms with Crippen LogP contribution in [0.5, 0.6) is 0 Å². The quantitative estimate of drug-likeness (QED) is 0.802. The summed E-state index contributed by atoms with van der Waals surface area (Å²) in [5.41, 5.74) is 1.00. The van der Waals surface area contributed by atoms with Crippen molar-refractivity contribution in [2.45, 2.75) is 45.2 Å². The monoisotopic (exact) mass is 308 g/mol. The SMILES string of the molecule is CC(CCC(=O)N(C)Cc1ccccc1Cl)N1CCCC1. The number of likely N-dealkylation sites (tertiary alicyclic amines) is 1. The van der Waals surface area contributed by atoms with E-state index in [1.165, 1.54) is 25.9 Å². The van der Waals surface area contributed by atoms with Gasteiger partial charge in [-0.25, -0.2) is 0 Å². The number of nitrogens with zero attached hydrogens (tertiary/aromatic N) is 2. The second kappa shape index (κ2) is 7.81. The Morgan fingerprint density at radius 1 is 1.33 bits per heavy atom. The predicted octanol–water partition coefficient (Wildman–Crippen LogP) is 3.56. The lowest BCUT2D eigenvalue weighted by Crippen LogP contribution is -2.32. The lowest BCUT2D eigenvalue weighted by molar-refractivity contribution is -0.130. The van der Waals surface area contributed by atoms with E-state index in [4.69, 9.17) is 11.6 Å². The first kappa shape index (κ1) is 16.3. The Balaban J connectivity index is 1.78. The van der Waals surface area contributed by atoms with Crippen molar-refractivity contribution >= 4 is 17.5 Å². The fourth-order valence-electron chi connectivity index (χ4n) is 2.86. The van der Waals surface area contributed by atoms with Gasteiger partial charge in [0.05, 0.1) is 0 Å². The van der Waals surface area contributed by atoms with E-state index in [2.05, 4.69) is 11.8 Å². The lowest BCUT2D eigenvalue weighted by Gasteiger charge is -2.24. The molecule has 0 aromatic heterocycles. The smallest absolute Gasteiger partial charge is 0.222 e. The minimum absolute atomic E-state index is 0.195. The van der Waals surface area contributed by atoms with Crippen LogP contribution in [0.4, 0.5) is 0 Å². The second-order valence-corrected chi connectivity index (χ2v) is 6.38. The molecule has 3 nitrogen and oxygen atoms in total. The number of halogens is 1. The highest BCUT2D eigenvalue weighted by Crippen LogP contribution is 2.18. The molecule has 1 aliphatic heterocycles. The molecule has 1 aromatic carbocycles. The Labute approximate surface area is 132 Å². The topological polar surface area (TPSA) is 23.6 Å². The van der Waals surface area contributed by atoms with E-state index in [1.807, 2.05) is 31.3 Å². The first-order valence-corrected chi connectivity index (χ1v) is 8.17. The van der Waals surface area contributed by atoms with Crippen LogP contribution < -0.4 is 0 Å². The average Bonchev–Trinajstić information content (AvgIpc) is 3.01. The van der Waals surface area contributed by atoms with E-state index in [0.717, 1.165) is 17.0 Å². The summed E-state index contributed by atoms with van der Waals surface area (Å²) in [5, 5.41) is 0.725. The first-order valence-electron chi connectivity index (χ1n) is 7.79. The molecule has 0 bridgehead atoms. The zero-order valence-corrected chi connectivity index (χ0v) is 13.8. The number of amides is 1. The van der Waals surface area contributed by atoms with Crippen LogP contribution in [0.2, 0.25) is 5.02 Å². The number of rotatable bonds is 6. The fourth-order valence-corrected chi connectivity index (χ4v) is 3.05. The van der Waals surface area contributed by atoms with E-state index < -0.39 is 0 Å². The average molecular weight is 309 g/mol. The minimum Gasteiger partial charge on any atom is -0.341 e. The summed E-state index contributed by atoms with van der Waals surface area (Å²) < 4.78 is 0. The van der Waals surface area contributed by atoms with Gasteiger partial charge >= 0.3 is 0 Å². The molecule has 0 aliphatic carbocycles. The van der Waals surface area contributed by atoms with E-state index in [9.17, 15) is 4.79 Å². The van der Waals surface area contributed by atoms with Gasteiger partial charge in [-0.2, -0.15) is 0 Å². The molecule has 1 heterocycles. The summed E-state index contributed by atoms with van der Waals surface area (Å²) in [4.78, 5) is 16.5. The van der Waals surface area contributed by atoms with Crippen molar-refractivity contribution in [3.63, 3.8) is 0 Å². The summed E-state index contributed by atoms with van der Waals surface area (Å²) in [7, 11) is 1.85. The second-order valence-electron chi connectivity index (χ2n) is 5.97. The standard InChI is InChI=1S/C17H25ClN2O/c1-14(20-11-5-6-12-20)9-10-17(21)19(2)13-15-7-3-4-8-16(15)18/h3-4,7-8,14H,5-6,9-13H2,1-2H3. The van der Waals surface area contributed by atoms with E-state index >= 15 is 0 Å². The van der Waals surface area contributed by atoms with E-state index in [1.54, 1.807) is 4.90 Å². The van der Waals surface area contributed by atoms with Gasteiger partial charge in [0, 0.05) is 31.1 Å². The highest BCUT2D eigenvalue weighted by atomic mass is 35.5. The summed E-state index contributed by atoms with van der Waals surface area (Å²) in [6.07, 6.45) is 4.14. The van der Waals surface area contributed by atoms with Gasteiger partial charge in [0.15, 0.2) is 0 Å². The first-order chi connectivity index (χ1) is 10.1. The van der Waals surface area contributed by atoms with Crippen molar-refractivity contribution in [1.82, 2.24) is 9.80 Å². The van der Waals surface area contributed by atoms with Gasteiger partial charge in [-0.1, -0.05) is 29.8 Å². The summed E-state index contributed by atoms with van der Waals surface area (Å²) >= 11 is 6.14. The van der Waals surface area contributed by atoms with Crippen molar-refractivity contribution in [3.8, 4) is 0 Å². The molecular formula is C17H25ClN2O. The third-order valence-electron chi connectivity index (χ3n) is 4.33. The Hall–Kier alpha value is -1.06. The van der Waals surface area contributed by atoms with Crippen molar-refractivity contribution in [3.05, 3.63) is 34.9 Å². The zero-order valence-electron chi connectivity index (χ0n) is 13.0. The molecule has 0 spiro atoms. The van der Waals surface area contributed by atoms with Gasteiger partial charge in [0.25, 0.3) is 0 Å². The summed E-state index contributed by atoms with van der Waals surface area (Å²) in [5.74, 6) is 0.195. The molecule has 1 aliphatic rings. The largest absolute Gasteiger partial charge is 0.341 e. The predicted molar refractivity (Wildman–Crippen MR) is 87.4 cm³/mol. The van der Waals surface area contributed by atoms with Crippen LogP contribution in [0.15, 0.2) is 24.3 Å². The molecule has 0 radical (unpaired) electrons. The number of hydrogen-bond donors (Lipinski definition) is 0. The Bertz CT molecular complexity index is 472. The molecule has 1 saturated heterocycles. The lowest BCUT2D eigenvalue weighted by atomic mass is 10.1. The molecule has 1 amide bonds. The maximum absolute atomic E-state index is 12.2. The van der Waals surface area contributed by atoms with Crippen molar-refractivity contribution in [2.75, 3.05) is 20.1 Å². The zero-order chi connectivity index (χ0) is 15.2. The minimum atomic E-state index is 0.195. The van der Waals surface area contributed by atoms with E-state index in [0.29, 0.717) is 19.0 Å². The Morgan fingerprint density at radius 3 is 2.67 bits per heavy atom. The fraction of sp³-hybridized carbons (Fsp3) is 0.588. The van der Waals surface area contributed by atoms with Crippen molar-refractivity contribution in [1.29, 1.82) is 0 Å². The molecule has 21 heavy (non-hydrogen) atoms. The third-order valence-corrected chi connectivity index (χ3v) is 4.70. The third kappa shape index (κ3) is 4.72. The van der Waals surface area contributed by atoms with E-state index in [-0.39, 0.29) is 5.91 Å². The van der Waals surface area contributed by atoms with Crippen LogP contribution >= 0.6 is 11.6 Å². The van der Waals surface area contributed by atoms with Gasteiger partial charge in [0.2, 0.25) is 5.91 Å². The molecule has 0 N–H and O–H groups in total. The molecule has 4 heteroatoms. The Kier molecular flexibility index (Phi) is 6.07. The van der Waals surface area contributed by atoms with Crippen LogP contribution in [-0.4, -0.2) is 41.9 Å². The summed E-state index contributed by atoms with van der Waals surface area (Å²) in [6.45, 7) is 5.18. The van der Waals surface area contributed by atoms with Gasteiger partial charge in [-0.15, -0.1) is 0 Å². The number of carbonyl (C=O) groups excluding carboxylic acids is 1. The van der Waals surface area contributed by atoms with Crippen LogP contribution in [0.3, 0.4) is 0 Å². The molecule has 2 rings (SSSR count). The highest BCUT2D eigenvalue weighted by Gasteiger charge is 2.19. The van der Waals surface area contributed by atoms with Crippen molar-refractivity contribution in [2.24, 2.45) is 0 Å². The number of benzene rings is 1. The molecule has 1 fully saturated rings.